The summed E-state index contributed by atoms with van der Waals surface area (Å²) < 4.78 is 5.73. The van der Waals surface area contributed by atoms with Gasteiger partial charge in [0.05, 0.1) is 6.54 Å². The number of carbonyl (C=O) groups excluding carboxylic acids is 1. The predicted molar refractivity (Wildman–Crippen MR) is 94.3 cm³/mol. The van der Waals surface area contributed by atoms with E-state index in [1.807, 2.05) is 50.2 Å². The van der Waals surface area contributed by atoms with Crippen LogP contribution < -0.4 is 15.4 Å². The lowest BCUT2D eigenvalue weighted by atomic mass is 10.1. The highest BCUT2D eigenvalue weighted by molar-refractivity contribution is 5.90. The lowest BCUT2D eigenvalue weighted by Gasteiger charge is -2.12. The number of hydrogen-bond acceptors (Lipinski definition) is 2. The molecule has 0 bridgehead atoms. The van der Waals surface area contributed by atoms with Crippen molar-refractivity contribution in [1.29, 1.82) is 0 Å². The molecule has 0 heterocycles. The normalized spacial score (nSPS) is 10.2. The van der Waals surface area contributed by atoms with Crippen LogP contribution in [0, 0.1) is 13.8 Å². The van der Waals surface area contributed by atoms with Gasteiger partial charge in [0.1, 0.15) is 12.4 Å². The van der Waals surface area contributed by atoms with Crippen molar-refractivity contribution in [3.05, 3.63) is 59.2 Å². The molecule has 0 aliphatic rings. The predicted octanol–water partition coefficient (Wildman–Crippen LogP) is 4.07. The maximum atomic E-state index is 11.9. The lowest BCUT2D eigenvalue weighted by Crippen LogP contribution is -2.32. The Morgan fingerprint density at radius 3 is 2.70 bits per heavy atom. The van der Waals surface area contributed by atoms with Crippen LogP contribution in [0.1, 0.15) is 23.6 Å². The highest BCUT2D eigenvalue weighted by Gasteiger charge is 2.05. The molecule has 0 fully saturated rings. The minimum Gasteiger partial charge on any atom is -0.491 e. The average molecular weight is 312 g/mol. The van der Waals surface area contributed by atoms with E-state index in [2.05, 4.69) is 23.6 Å². The molecule has 0 unspecified atom stereocenters. The molecular weight excluding hydrogens is 288 g/mol. The number of anilines is 1. The summed E-state index contributed by atoms with van der Waals surface area (Å²) in [6.07, 6.45) is 0.927. The van der Waals surface area contributed by atoms with Crippen molar-refractivity contribution in [1.82, 2.24) is 5.32 Å². The maximum absolute atomic E-state index is 11.9. The summed E-state index contributed by atoms with van der Waals surface area (Å²) in [6, 6.07) is 13.7. The maximum Gasteiger partial charge on any atom is 0.319 e. The molecule has 0 spiro atoms. The molecule has 0 radical (unpaired) electrons. The molecule has 4 heteroatoms. The zero-order chi connectivity index (χ0) is 16.7. The van der Waals surface area contributed by atoms with Crippen LogP contribution >= 0.6 is 0 Å². The van der Waals surface area contributed by atoms with Crippen LogP contribution in [0.4, 0.5) is 10.5 Å². The molecule has 0 aliphatic heterocycles. The molecule has 2 rings (SSSR count). The van der Waals surface area contributed by atoms with Crippen LogP contribution in [0.25, 0.3) is 0 Å². The van der Waals surface area contributed by atoms with E-state index in [1.54, 1.807) is 0 Å². The van der Waals surface area contributed by atoms with Gasteiger partial charge in [-0.3, -0.25) is 0 Å². The molecule has 4 nitrogen and oxygen atoms in total. The highest BCUT2D eigenvalue weighted by Crippen LogP contribution is 2.18. The van der Waals surface area contributed by atoms with Gasteiger partial charge in [0.15, 0.2) is 0 Å². The molecule has 2 amide bonds. The number of benzene rings is 2. The number of rotatable bonds is 6. The Morgan fingerprint density at radius 1 is 1.13 bits per heavy atom. The van der Waals surface area contributed by atoms with Crippen molar-refractivity contribution >= 4 is 11.7 Å². The zero-order valence-electron chi connectivity index (χ0n) is 14.0. The highest BCUT2D eigenvalue weighted by atomic mass is 16.5. The lowest BCUT2D eigenvalue weighted by molar-refractivity contribution is 0.247. The SMILES string of the molecule is CCc1ccccc1OCCNC(=O)Nc1cc(C)ccc1C. The Labute approximate surface area is 137 Å². The van der Waals surface area contributed by atoms with Gasteiger partial charge in [-0.25, -0.2) is 4.79 Å². The van der Waals surface area contributed by atoms with E-state index in [4.69, 9.17) is 4.74 Å². The second-order valence-corrected chi connectivity index (χ2v) is 5.51. The van der Waals surface area contributed by atoms with Gasteiger partial charge in [-0.2, -0.15) is 0 Å². The minimum atomic E-state index is -0.217. The van der Waals surface area contributed by atoms with Gasteiger partial charge in [-0.15, -0.1) is 0 Å². The fourth-order valence-corrected chi connectivity index (χ4v) is 2.30. The number of ether oxygens (including phenoxy) is 1. The van der Waals surface area contributed by atoms with Crippen molar-refractivity contribution in [3.63, 3.8) is 0 Å². The summed E-state index contributed by atoms with van der Waals surface area (Å²) in [6.45, 7) is 6.96. The Kier molecular flexibility index (Phi) is 6.03. The first-order chi connectivity index (χ1) is 11.1. The van der Waals surface area contributed by atoms with Gasteiger partial charge < -0.3 is 15.4 Å². The van der Waals surface area contributed by atoms with Gasteiger partial charge in [-0.1, -0.05) is 37.3 Å². The average Bonchev–Trinajstić information content (AvgIpc) is 2.55. The van der Waals surface area contributed by atoms with Crippen LogP contribution in [0.15, 0.2) is 42.5 Å². The smallest absolute Gasteiger partial charge is 0.319 e. The summed E-state index contributed by atoms with van der Waals surface area (Å²) in [7, 11) is 0. The molecule has 0 atom stereocenters. The second kappa shape index (κ2) is 8.22. The molecule has 0 saturated carbocycles. The van der Waals surface area contributed by atoms with E-state index in [-0.39, 0.29) is 6.03 Å². The Hall–Kier alpha value is -2.49. The second-order valence-electron chi connectivity index (χ2n) is 5.51. The van der Waals surface area contributed by atoms with Crippen molar-refractivity contribution in [2.75, 3.05) is 18.5 Å². The summed E-state index contributed by atoms with van der Waals surface area (Å²) in [5.74, 6) is 0.881. The number of aryl methyl sites for hydroxylation is 3. The molecule has 122 valence electrons. The van der Waals surface area contributed by atoms with Gasteiger partial charge >= 0.3 is 6.03 Å². The molecule has 23 heavy (non-hydrogen) atoms. The van der Waals surface area contributed by atoms with Crippen molar-refractivity contribution in [2.45, 2.75) is 27.2 Å². The van der Waals surface area contributed by atoms with Crippen LogP contribution in [0.3, 0.4) is 0 Å². The standard InChI is InChI=1S/C19H24N2O2/c1-4-16-7-5-6-8-18(16)23-12-11-20-19(22)21-17-13-14(2)9-10-15(17)3/h5-10,13H,4,11-12H2,1-3H3,(H2,20,21,22). The molecule has 2 aromatic carbocycles. The van der Waals surface area contributed by atoms with Gasteiger partial charge in [0.2, 0.25) is 0 Å². The van der Waals surface area contributed by atoms with E-state index in [9.17, 15) is 4.79 Å². The first-order valence-corrected chi connectivity index (χ1v) is 7.93. The van der Waals surface area contributed by atoms with Crippen LogP contribution in [-0.4, -0.2) is 19.2 Å². The topological polar surface area (TPSA) is 50.4 Å². The largest absolute Gasteiger partial charge is 0.491 e. The third-order valence-electron chi connectivity index (χ3n) is 3.64. The number of nitrogens with one attached hydrogen (secondary N) is 2. The fraction of sp³-hybridized carbons (Fsp3) is 0.316. The van der Waals surface area contributed by atoms with E-state index >= 15 is 0 Å². The van der Waals surface area contributed by atoms with Crippen LogP contribution in [0.5, 0.6) is 5.75 Å². The first-order valence-electron chi connectivity index (χ1n) is 7.93. The van der Waals surface area contributed by atoms with E-state index < -0.39 is 0 Å². The van der Waals surface area contributed by atoms with Crippen LogP contribution in [0.2, 0.25) is 0 Å². The zero-order valence-corrected chi connectivity index (χ0v) is 14.0. The number of amides is 2. The Morgan fingerprint density at radius 2 is 1.91 bits per heavy atom. The fourth-order valence-electron chi connectivity index (χ4n) is 2.30. The quantitative estimate of drug-likeness (QED) is 0.790. The number of urea groups is 1. The van der Waals surface area contributed by atoms with Gasteiger partial charge in [0.25, 0.3) is 0 Å². The summed E-state index contributed by atoms with van der Waals surface area (Å²) in [4.78, 5) is 11.9. The van der Waals surface area contributed by atoms with E-state index in [1.165, 1.54) is 5.56 Å². The van der Waals surface area contributed by atoms with Gasteiger partial charge in [0, 0.05) is 5.69 Å². The number of hydrogen-bond donors (Lipinski definition) is 2. The summed E-state index contributed by atoms with van der Waals surface area (Å²) >= 11 is 0. The molecule has 2 N–H and O–H groups in total. The third-order valence-corrected chi connectivity index (χ3v) is 3.64. The van der Waals surface area contributed by atoms with E-state index in [0.29, 0.717) is 13.2 Å². The first kappa shape index (κ1) is 16.9. The number of carbonyl (C=O) groups is 1. The summed E-state index contributed by atoms with van der Waals surface area (Å²) in [5.41, 5.74) is 4.16. The van der Waals surface area contributed by atoms with Crippen molar-refractivity contribution in [3.8, 4) is 5.75 Å². The number of para-hydroxylation sites is 1. The Bertz CT molecular complexity index is 668. The van der Waals surface area contributed by atoms with Crippen molar-refractivity contribution < 1.29 is 9.53 Å². The van der Waals surface area contributed by atoms with Crippen molar-refractivity contribution in [2.24, 2.45) is 0 Å². The monoisotopic (exact) mass is 312 g/mol. The molecule has 0 aliphatic carbocycles. The molecule has 0 saturated heterocycles. The van der Waals surface area contributed by atoms with E-state index in [0.717, 1.165) is 29.0 Å². The molecule has 2 aromatic rings. The minimum absolute atomic E-state index is 0.217. The third kappa shape index (κ3) is 5.02. The van der Waals surface area contributed by atoms with Crippen LogP contribution in [-0.2, 0) is 6.42 Å². The van der Waals surface area contributed by atoms with Gasteiger partial charge in [-0.05, 0) is 49.1 Å². The summed E-state index contributed by atoms with van der Waals surface area (Å²) in [5, 5.41) is 5.68. The Balaban J connectivity index is 1.78. The molecular formula is C19H24N2O2. The molecule has 0 aromatic heterocycles.